The maximum atomic E-state index is 12.2. The first-order chi connectivity index (χ1) is 11.2. The number of nitrogens with two attached hydrogens (primary N) is 2. The maximum Gasteiger partial charge on any atom is 0.242 e. The third kappa shape index (κ3) is 3.82. The van der Waals surface area contributed by atoms with E-state index < -0.39 is 30.6 Å². The van der Waals surface area contributed by atoms with Crippen LogP contribution in [0, 0.1) is 5.92 Å². The van der Waals surface area contributed by atoms with Crippen molar-refractivity contribution in [3.63, 3.8) is 0 Å². The van der Waals surface area contributed by atoms with Crippen molar-refractivity contribution in [1.82, 2.24) is 15.5 Å². The van der Waals surface area contributed by atoms with E-state index in [2.05, 4.69) is 10.6 Å². The summed E-state index contributed by atoms with van der Waals surface area (Å²) in [5, 5.41) is 14.7. The molecule has 2 aliphatic rings. The summed E-state index contributed by atoms with van der Waals surface area (Å²) in [7, 11) is 0. The number of aliphatic hydroxyl groups excluding tert-OH is 1. The van der Waals surface area contributed by atoms with Gasteiger partial charge in [0.15, 0.2) is 0 Å². The van der Waals surface area contributed by atoms with Gasteiger partial charge in [-0.05, 0) is 5.92 Å². The minimum atomic E-state index is -1.09. The summed E-state index contributed by atoms with van der Waals surface area (Å²) < 4.78 is 0. The highest BCUT2D eigenvalue weighted by Crippen LogP contribution is 2.38. The van der Waals surface area contributed by atoms with Gasteiger partial charge in [0.2, 0.25) is 17.7 Å². The Morgan fingerprint density at radius 1 is 1.42 bits per heavy atom. The summed E-state index contributed by atoms with van der Waals surface area (Å²) in [6.07, 6.45) is 0. The molecule has 2 saturated heterocycles. The van der Waals surface area contributed by atoms with Crippen molar-refractivity contribution in [3.05, 3.63) is 0 Å². The number of nitrogens with zero attached hydrogens (tertiary/aromatic N) is 1. The number of carbonyl (C=O) groups excluding carboxylic acids is 3. The Morgan fingerprint density at radius 2 is 2.04 bits per heavy atom. The van der Waals surface area contributed by atoms with Gasteiger partial charge in [0.05, 0.1) is 31.8 Å². The van der Waals surface area contributed by atoms with Crippen molar-refractivity contribution < 1.29 is 19.5 Å². The second-order valence-corrected chi connectivity index (χ2v) is 8.02. The van der Waals surface area contributed by atoms with Gasteiger partial charge in [0.1, 0.15) is 10.9 Å². The van der Waals surface area contributed by atoms with E-state index >= 15 is 0 Å². The van der Waals surface area contributed by atoms with Crippen LogP contribution in [0.2, 0.25) is 0 Å². The van der Waals surface area contributed by atoms with Gasteiger partial charge in [-0.2, -0.15) is 0 Å². The fourth-order valence-corrected chi connectivity index (χ4v) is 4.11. The molecule has 2 heterocycles. The molecule has 2 rings (SSSR count). The molecule has 0 unspecified atom stereocenters. The Balaban J connectivity index is 1.85. The van der Waals surface area contributed by atoms with Gasteiger partial charge in [0.25, 0.3) is 0 Å². The lowest BCUT2D eigenvalue weighted by Crippen LogP contribution is -2.70. The summed E-state index contributed by atoms with van der Waals surface area (Å²) in [4.78, 5) is 36.8. The molecule has 10 heteroatoms. The molecule has 0 bridgehead atoms. The zero-order valence-corrected chi connectivity index (χ0v) is 14.6. The van der Waals surface area contributed by atoms with Gasteiger partial charge in [-0.1, -0.05) is 13.8 Å². The van der Waals surface area contributed by atoms with Crippen molar-refractivity contribution in [1.29, 1.82) is 0 Å². The lowest BCUT2D eigenvalue weighted by molar-refractivity contribution is -0.139. The van der Waals surface area contributed by atoms with E-state index in [-0.39, 0.29) is 22.6 Å². The van der Waals surface area contributed by atoms with Gasteiger partial charge in [0, 0.05) is 5.75 Å². The quantitative estimate of drug-likeness (QED) is 0.343. The van der Waals surface area contributed by atoms with Crippen LogP contribution in [0.1, 0.15) is 13.8 Å². The highest BCUT2D eigenvalue weighted by molar-refractivity contribution is 8.01. The number of likely N-dealkylation sites (tertiary alicyclic amines) is 1. The number of thioether (sulfide) groups is 1. The zero-order valence-electron chi connectivity index (χ0n) is 13.8. The molecule has 7 N–H and O–H groups in total. The minimum absolute atomic E-state index is 0.0704. The number of hydrogen-bond acceptors (Lipinski definition) is 7. The summed E-state index contributed by atoms with van der Waals surface area (Å²) in [6.45, 7) is 4.23. The van der Waals surface area contributed by atoms with Crippen LogP contribution < -0.4 is 22.1 Å². The summed E-state index contributed by atoms with van der Waals surface area (Å²) in [5.41, 5.74) is 11.0. The minimum Gasteiger partial charge on any atom is -0.394 e. The molecule has 0 saturated carbocycles. The van der Waals surface area contributed by atoms with Crippen molar-refractivity contribution in [2.75, 3.05) is 25.4 Å². The number of hydrogen-bond donors (Lipinski definition) is 5. The van der Waals surface area contributed by atoms with E-state index in [4.69, 9.17) is 16.6 Å². The summed E-state index contributed by atoms with van der Waals surface area (Å²) in [6, 6.07) is -2.11. The van der Waals surface area contributed by atoms with E-state index in [1.807, 2.05) is 13.8 Å². The summed E-state index contributed by atoms with van der Waals surface area (Å²) >= 11 is 1.57. The number of amides is 3. The Hall–Kier alpha value is -1.36. The van der Waals surface area contributed by atoms with E-state index in [1.54, 1.807) is 16.7 Å². The van der Waals surface area contributed by atoms with Crippen LogP contribution >= 0.6 is 11.8 Å². The number of rotatable bonds is 6. The second-order valence-electron chi connectivity index (χ2n) is 6.61. The smallest absolute Gasteiger partial charge is 0.242 e. The third-order valence-corrected chi connectivity index (χ3v) is 5.76. The Labute approximate surface area is 144 Å². The molecule has 0 aromatic rings. The van der Waals surface area contributed by atoms with E-state index in [1.165, 1.54) is 0 Å². The first-order valence-electron chi connectivity index (χ1n) is 7.85. The third-order valence-electron chi connectivity index (χ3n) is 4.33. The van der Waals surface area contributed by atoms with E-state index in [0.717, 1.165) is 0 Å². The predicted molar refractivity (Wildman–Crippen MR) is 89.7 cm³/mol. The molecule has 2 aliphatic heterocycles. The summed E-state index contributed by atoms with van der Waals surface area (Å²) in [5.74, 6) is -0.669. The number of aliphatic hydroxyl groups is 1. The normalized spacial score (nSPS) is 24.5. The second kappa shape index (κ2) is 7.26. The lowest BCUT2D eigenvalue weighted by Gasteiger charge is -2.48. The Kier molecular flexibility index (Phi) is 5.74. The molecular weight excluding hydrogens is 334 g/mol. The number of primary amides is 1. The first kappa shape index (κ1) is 19.0. The maximum absolute atomic E-state index is 12.2. The van der Waals surface area contributed by atoms with Crippen LogP contribution in [-0.2, 0) is 14.4 Å². The van der Waals surface area contributed by atoms with Crippen molar-refractivity contribution in [2.45, 2.75) is 36.8 Å². The average molecular weight is 359 g/mol. The van der Waals surface area contributed by atoms with Crippen molar-refractivity contribution in [3.8, 4) is 0 Å². The SMILES string of the molecule is CC(C)[C@H](N)C(=O)N1CC2(C1)N[C@H](C(=O)N[C@@H](CO)C(N)=O)CS2. The topological polar surface area (TPSA) is 151 Å². The van der Waals surface area contributed by atoms with Crippen LogP contribution in [0.3, 0.4) is 0 Å². The van der Waals surface area contributed by atoms with Gasteiger partial charge >= 0.3 is 0 Å². The van der Waals surface area contributed by atoms with Crippen molar-refractivity contribution >= 4 is 29.5 Å². The molecule has 0 radical (unpaired) electrons. The van der Waals surface area contributed by atoms with Crippen LogP contribution in [-0.4, -0.2) is 76.2 Å². The molecule has 0 aliphatic carbocycles. The average Bonchev–Trinajstić information content (AvgIpc) is 2.94. The molecule has 24 heavy (non-hydrogen) atoms. The van der Waals surface area contributed by atoms with E-state index in [9.17, 15) is 14.4 Å². The molecule has 0 aromatic heterocycles. The molecule has 1 spiro atoms. The van der Waals surface area contributed by atoms with Crippen molar-refractivity contribution in [2.24, 2.45) is 17.4 Å². The Bertz CT molecular complexity index is 523. The zero-order chi connectivity index (χ0) is 18.1. The number of nitrogens with one attached hydrogen (secondary N) is 2. The molecule has 3 atom stereocenters. The van der Waals surface area contributed by atoms with Gasteiger partial charge < -0.3 is 26.8 Å². The van der Waals surface area contributed by atoms with Crippen LogP contribution in [0.25, 0.3) is 0 Å². The first-order valence-corrected chi connectivity index (χ1v) is 8.84. The molecule has 9 nitrogen and oxygen atoms in total. The molecule has 2 fully saturated rings. The monoisotopic (exact) mass is 359 g/mol. The highest BCUT2D eigenvalue weighted by atomic mass is 32.2. The largest absolute Gasteiger partial charge is 0.394 e. The lowest BCUT2D eigenvalue weighted by atomic mass is 10.00. The fourth-order valence-electron chi connectivity index (χ4n) is 2.67. The van der Waals surface area contributed by atoms with Gasteiger partial charge in [-0.25, -0.2) is 0 Å². The molecule has 3 amide bonds. The van der Waals surface area contributed by atoms with E-state index in [0.29, 0.717) is 18.8 Å². The highest BCUT2D eigenvalue weighted by Gasteiger charge is 2.52. The molecular formula is C14H25N5O4S. The van der Waals surface area contributed by atoms with Gasteiger partial charge in [-0.15, -0.1) is 11.8 Å². The molecule has 136 valence electrons. The van der Waals surface area contributed by atoms with Crippen LogP contribution in [0.4, 0.5) is 0 Å². The standard InChI is InChI=1S/C14H25N5O4S/c1-7(2)10(15)13(23)19-5-14(6-19)18-9(4-24-14)12(22)17-8(3-20)11(16)21/h7-10,18,20H,3-6,15H2,1-2H3,(H2,16,21)(H,17,22)/t8-,9-,10-/m0/s1. The fraction of sp³-hybridized carbons (Fsp3) is 0.786. The predicted octanol–water partition coefficient (Wildman–Crippen LogP) is -2.82. The number of carbonyl (C=O) groups is 3. The van der Waals surface area contributed by atoms with Crippen LogP contribution in [0.15, 0.2) is 0 Å². The van der Waals surface area contributed by atoms with Gasteiger partial charge in [-0.3, -0.25) is 19.7 Å². The Morgan fingerprint density at radius 3 is 2.54 bits per heavy atom. The van der Waals surface area contributed by atoms with Crippen LogP contribution in [0.5, 0.6) is 0 Å². The molecule has 0 aromatic carbocycles.